The first-order valence-corrected chi connectivity index (χ1v) is 10.5. The minimum absolute atomic E-state index is 0.180. The van der Waals surface area contributed by atoms with E-state index < -0.39 is 0 Å². The van der Waals surface area contributed by atoms with Crippen LogP contribution in [0.2, 0.25) is 10.0 Å². The summed E-state index contributed by atoms with van der Waals surface area (Å²) in [6, 6.07) is 12.2. The van der Waals surface area contributed by atoms with Gasteiger partial charge in [-0.05, 0) is 49.4 Å². The largest absolute Gasteiger partial charge is 0.496 e. The number of hydrogen-bond donors (Lipinski definition) is 1. The number of carbonyl (C=O) groups excluding carboxylic acids is 1. The number of methoxy groups -OCH3 is 1. The number of halogens is 2. The molecule has 0 fully saturated rings. The fourth-order valence-electron chi connectivity index (χ4n) is 2.74. The number of rotatable bonds is 6. The average Bonchev–Trinajstić information content (AvgIpc) is 2.68. The molecule has 0 saturated heterocycles. The van der Waals surface area contributed by atoms with E-state index in [4.69, 9.17) is 32.7 Å². The highest BCUT2D eigenvalue weighted by Crippen LogP contribution is 2.34. The maximum absolute atomic E-state index is 12.0. The number of nitrogens with one attached hydrogen (secondary N) is 1. The Morgan fingerprint density at radius 3 is 2.45 bits per heavy atom. The Morgan fingerprint density at radius 1 is 1.10 bits per heavy atom. The van der Waals surface area contributed by atoms with Crippen LogP contribution in [0.5, 0.6) is 17.4 Å². The number of ether oxygens (including phenoxy) is 2. The van der Waals surface area contributed by atoms with Crippen LogP contribution in [0, 0.1) is 6.92 Å². The second-order valence-corrected chi connectivity index (χ2v) is 7.59. The van der Waals surface area contributed by atoms with E-state index in [0.29, 0.717) is 33.0 Å². The third-order valence-electron chi connectivity index (χ3n) is 4.05. The van der Waals surface area contributed by atoms with Gasteiger partial charge in [0.2, 0.25) is 5.88 Å². The quantitative estimate of drug-likeness (QED) is 0.456. The standard InChI is InChI=1S/C21H18Cl2N2O3S/c1-12-6-14(11-24-21(12)28-17-9-15(22)8-16(23)10-17)18-5-4-13(7-19(18)27-2)20(26)25-29-3/h4-11H,1-3H3,(H,25,26). The number of pyridine rings is 1. The van der Waals surface area contributed by atoms with Gasteiger partial charge in [0.15, 0.2) is 0 Å². The van der Waals surface area contributed by atoms with Crippen molar-refractivity contribution in [2.45, 2.75) is 6.92 Å². The highest BCUT2D eigenvalue weighted by Gasteiger charge is 2.14. The lowest BCUT2D eigenvalue weighted by Gasteiger charge is -2.13. The molecular formula is C21H18Cl2N2O3S. The van der Waals surface area contributed by atoms with Crippen molar-refractivity contribution in [1.82, 2.24) is 9.71 Å². The predicted molar refractivity (Wildman–Crippen MR) is 118 cm³/mol. The smallest absolute Gasteiger partial charge is 0.261 e. The van der Waals surface area contributed by atoms with E-state index in [2.05, 4.69) is 9.71 Å². The lowest BCUT2D eigenvalue weighted by molar-refractivity contribution is 0.0984. The van der Waals surface area contributed by atoms with Crippen molar-refractivity contribution in [3.8, 4) is 28.5 Å². The summed E-state index contributed by atoms with van der Waals surface area (Å²) in [5.74, 6) is 1.35. The van der Waals surface area contributed by atoms with Gasteiger partial charge in [-0.2, -0.15) is 0 Å². The Bertz CT molecular complexity index is 1040. The zero-order valence-corrected chi connectivity index (χ0v) is 18.3. The molecule has 0 aliphatic rings. The summed E-state index contributed by atoms with van der Waals surface area (Å²) < 4.78 is 14.0. The van der Waals surface area contributed by atoms with Crippen LogP contribution in [0.1, 0.15) is 15.9 Å². The monoisotopic (exact) mass is 448 g/mol. The van der Waals surface area contributed by atoms with Crippen LogP contribution in [0.25, 0.3) is 11.1 Å². The van der Waals surface area contributed by atoms with E-state index in [1.807, 2.05) is 19.1 Å². The summed E-state index contributed by atoms with van der Waals surface area (Å²) in [4.78, 5) is 16.5. The maximum atomic E-state index is 12.0. The lowest BCUT2D eigenvalue weighted by Crippen LogP contribution is -2.15. The molecule has 0 unspecified atom stereocenters. The molecular weight excluding hydrogens is 431 g/mol. The van der Waals surface area contributed by atoms with Gasteiger partial charge in [-0.25, -0.2) is 4.98 Å². The average molecular weight is 449 g/mol. The highest BCUT2D eigenvalue weighted by molar-refractivity contribution is 7.97. The van der Waals surface area contributed by atoms with Crippen molar-refractivity contribution in [3.63, 3.8) is 0 Å². The molecule has 0 atom stereocenters. The maximum Gasteiger partial charge on any atom is 0.261 e. The van der Waals surface area contributed by atoms with Gasteiger partial charge in [0.25, 0.3) is 5.91 Å². The molecule has 8 heteroatoms. The Kier molecular flexibility index (Phi) is 6.90. The van der Waals surface area contributed by atoms with Gasteiger partial charge < -0.3 is 9.47 Å². The molecule has 2 aromatic carbocycles. The van der Waals surface area contributed by atoms with Gasteiger partial charge >= 0.3 is 0 Å². The molecule has 29 heavy (non-hydrogen) atoms. The number of nitrogens with zero attached hydrogens (tertiary/aromatic N) is 1. The minimum atomic E-state index is -0.180. The SMILES string of the molecule is COc1cc(C(=O)NSC)ccc1-c1cnc(Oc2cc(Cl)cc(Cl)c2)c(C)c1. The normalized spacial score (nSPS) is 10.5. The zero-order chi connectivity index (χ0) is 21.0. The lowest BCUT2D eigenvalue weighted by atomic mass is 10.0. The Morgan fingerprint density at radius 2 is 1.83 bits per heavy atom. The summed E-state index contributed by atoms with van der Waals surface area (Å²) in [6.45, 7) is 1.89. The van der Waals surface area contributed by atoms with Crippen LogP contribution in [0.3, 0.4) is 0 Å². The summed E-state index contributed by atoms with van der Waals surface area (Å²) in [5.41, 5.74) is 3.00. The summed E-state index contributed by atoms with van der Waals surface area (Å²) in [6.07, 6.45) is 3.48. The molecule has 1 heterocycles. The fourth-order valence-corrected chi connectivity index (χ4v) is 3.55. The van der Waals surface area contributed by atoms with Crippen LogP contribution in [-0.4, -0.2) is 24.3 Å². The molecule has 0 bridgehead atoms. The van der Waals surface area contributed by atoms with Crippen molar-refractivity contribution in [2.24, 2.45) is 0 Å². The third-order valence-corrected chi connectivity index (χ3v) is 4.88. The molecule has 1 amide bonds. The van der Waals surface area contributed by atoms with E-state index in [1.54, 1.807) is 49.9 Å². The number of amides is 1. The Hall–Kier alpha value is -2.41. The highest BCUT2D eigenvalue weighted by atomic mass is 35.5. The van der Waals surface area contributed by atoms with Crippen molar-refractivity contribution in [1.29, 1.82) is 0 Å². The molecule has 0 aliphatic carbocycles. The first-order valence-electron chi connectivity index (χ1n) is 8.53. The van der Waals surface area contributed by atoms with Crippen molar-refractivity contribution in [3.05, 3.63) is 69.8 Å². The molecule has 0 radical (unpaired) electrons. The fraction of sp³-hybridized carbons (Fsp3) is 0.143. The van der Waals surface area contributed by atoms with Gasteiger partial charge in [0, 0.05) is 44.8 Å². The molecule has 0 saturated carbocycles. The second kappa shape index (κ2) is 9.39. The summed E-state index contributed by atoms with van der Waals surface area (Å²) >= 11 is 13.3. The summed E-state index contributed by atoms with van der Waals surface area (Å²) in [7, 11) is 1.57. The van der Waals surface area contributed by atoms with Crippen LogP contribution in [0.4, 0.5) is 0 Å². The number of aryl methyl sites for hydroxylation is 1. The molecule has 1 N–H and O–H groups in total. The van der Waals surface area contributed by atoms with Crippen LogP contribution in [0.15, 0.2) is 48.7 Å². The van der Waals surface area contributed by atoms with Gasteiger partial charge in [0.1, 0.15) is 11.5 Å². The van der Waals surface area contributed by atoms with Gasteiger partial charge in [-0.3, -0.25) is 9.52 Å². The van der Waals surface area contributed by atoms with E-state index in [0.717, 1.165) is 16.7 Å². The van der Waals surface area contributed by atoms with E-state index in [1.165, 1.54) is 11.9 Å². The first-order chi connectivity index (χ1) is 13.9. The predicted octanol–water partition coefficient (Wildman–Crippen LogP) is 6.17. The molecule has 1 aromatic heterocycles. The topological polar surface area (TPSA) is 60.5 Å². The molecule has 0 aliphatic heterocycles. The van der Waals surface area contributed by atoms with Crippen molar-refractivity contribution < 1.29 is 14.3 Å². The zero-order valence-electron chi connectivity index (χ0n) is 16.0. The van der Waals surface area contributed by atoms with E-state index in [-0.39, 0.29) is 5.91 Å². The number of hydrogen-bond acceptors (Lipinski definition) is 5. The van der Waals surface area contributed by atoms with Gasteiger partial charge in [-0.15, -0.1) is 0 Å². The van der Waals surface area contributed by atoms with Gasteiger partial charge in [-0.1, -0.05) is 35.1 Å². The molecule has 3 aromatic rings. The molecule has 0 spiro atoms. The van der Waals surface area contributed by atoms with E-state index in [9.17, 15) is 4.79 Å². The second-order valence-electron chi connectivity index (χ2n) is 6.10. The molecule has 3 rings (SSSR count). The first kappa shape index (κ1) is 21.3. The Labute approximate surface area is 183 Å². The number of benzene rings is 2. The number of aromatic nitrogens is 1. The van der Waals surface area contributed by atoms with Crippen molar-refractivity contribution >= 4 is 41.1 Å². The molecule has 5 nitrogen and oxygen atoms in total. The minimum Gasteiger partial charge on any atom is -0.496 e. The molecule has 150 valence electrons. The van der Waals surface area contributed by atoms with Crippen LogP contribution < -0.4 is 14.2 Å². The van der Waals surface area contributed by atoms with Crippen molar-refractivity contribution in [2.75, 3.05) is 13.4 Å². The third kappa shape index (κ3) is 5.15. The number of carbonyl (C=O) groups is 1. The van der Waals surface area contributed by atoms with Gasteiger partial charge in [0.05, 0.1) is 7.11 Å². The van der Waals surface area contributed by atoms with E-state index >= 15 is 0 Å². The van der Waals surface area contributed by atoms with Crippen LogP contribution >= 0.6 is 35.1 Å². The Balaban J connectivity index is 1.90. The summed E-state index contributed by atoms with van der Waals surface area (Å²) in [5, 5.41) is 0.967. The van der Waals surface area contributed by atoms with Crippen LogP contribution in [-0.2, 0) is 0 Å².